The Bertz CT molecular complexity index is 775. The molecule has 112 valence electrons. The van der Waals surface area contributed by atoms with Crippen LogP contribution in [0.25, 0.3) is 5.69 Å². The van der Waals surface area contributed by atoms with Crippen LogP contribution in [0.1, 0.15) is 16.3 Å². The molecule has 1 amide bonds. The van der Waals surface area contributed by atoms with E-state index in [4.69, 9.17) is 0 Å². The molecule has 1 aromatic carbocycles. The van der Waals surface area contributed by atoms with Gasteiger partial charge in [-0.05, 0) is 38.1 Å². The van der Waals surface area contributed by atoms with Gasteiger partial charge < -0.3 is 9.88 Å². The number of amides is 1. The molecule has 22 heavy (non-hydrogen) atoms. The van der Waals surface area contributed by atoms with E-state index in [2.05, 4.69) is 15.3 Å². The lowest BCUT2D eigenvalue weighted by Gasteiger charge is -2.08. The third-order valence-electron chi connectivity index (χ3n) is 3.50. The normalized spacial score (nSPS) is 10.6. The minimum Gasteiger partial charge on any atom is -0.326 e. The molecule has 1 N–H and O–H groups in total. The number of nitrogens with zero attached hydrogens (tertiary/aromatic N) is 3. The van der Waals surface area contributed by atoms with Crippen molar-refractivity contribution in [3.8, 4) is 5.69 Å². The molecule has 3 aromatic rings. The largest absolute Gasteiger partial charge is 0.326 e. The molecular formula is C16H16N4OS. The topological polar surface area (TPSA) is 59.8 Å². The molecular weight excluding hydrogens is 296 g/mol. The quantitative estimate of drug-likeness (QED) is 0.805. The highest BCUT2D eigenvalue weighted by atomic mass is 32.1. The first kappa shape index (κ1) is 14.5. The van der Waals surface area contributed by atoms with Gasteiger partial charge in [0.15, 0.2) is 0 Å². The van der Waals surface area contributed by atoms with Crippen molar-refractivity contribution in [2.45, 2.75) is 20.3 Å². The lowest BCUT2D eigenvalue weighted by molar-refractivity contribution is -0.115. The molecule has 2 heterocycles. The van der Waals surface area contributed by atoms with Crippen LogP contribution in [0, 0.1) is 13.8 Å². The lowest BCUT2D eigenvalue weighted by atomic mass is 10.2. The van der Waals surface area contributed by atoms with E-state index in [0.717, 1.165) is 27.6 Å². The number of anilines is 1. The summed E-state index contributed by atoms with van der Waals surface area (Å²) in [5.74, 6) is -0.0355. The van der Waals surface area contributed by atoms with Gasteiger partial charge in [-0.15, -0.1) is 11.3 Å². The standard InChI is InChI=1S/C16H16N4OS/c1-11-12(2)20(9-18-11)14-5-3-13(4-6-14)19-16(21)7-15-8-17-10-22-15/h3-6,8-10H,7H2,1-2H3,(H,19,21). The third-order valence-corrected chi connectivity index (χ3v) is 4.28. The van der Waals surface area contributed by atoms with Crippen molar-refractivity contribution in [3.63, 3.8) is 0 Å². The molecule has 2 aromatic heterocycles. The second-order valence-electron chi connectivity index (χ2n) is 5.02. The fourth-order valence-electron chi connectivity index (χ4n) is 2.16. The van der Waals surface area contributed by atoms with E-state index in [1.807, 2.05) is 49.0 Å². The van der Waals surface area contributed by atoms with Gasteiger partial charge in [0.05, 0.1) is 24.0 Å². The van der Waals surface area contributed by atoms with Crippen molar-refractivity contribution >= 4 is 22.9 Å². The molecule has 0 aliphatic rings. The highest BCUT2D eigenvalue weighted by Crippen LogP contribution is 2.17. The maximum absolute atomic E-state index is 11.9. The molecule has 0 saturated heterocycles. The van der Waals surface area contributed by atoms with Crippen LogP contribution in [0.15, 0.2) is 42.3 Å². The van der Waals surface area contributed by atoms with Crippen molar-refractivity contribution in [1.29, 1.82) is 0 Å². The number of rotatable bonds is 4. The minimum atomic E-state index is -0.0355. The Morgan fingerprint density at radius 3 is 2.64 bits per heavy atom. The van der Waals surface area contributed by atoms with E-state index >= 15 is 0 Å². The number of carbonyl (C=O) groups is 1. The van der Waals surface area contributed by atoms with Crippen molar-refractivity contribution in [1.82, 2.24) is 14.5 Å². The number of imidazole rings is 1. The Labute approximate surface area is 132 Å². The van der Waals surface area contributed by atoms with Crippen molar-refractivity contribution in [3.05, 3.63) is 58.6 Å². The molecule has 0 aliphatic heterocycles. The van der Waals surface area contributed by atoms with Gasteiger partial charge in [-0.2, -0.15) is 0 Å². The van der Waals surface area contributed by atoms with Crippen molar-refractivity contribution in [2.24, 2.45) is 0 Å². The fourth-order valence-corrected chi connectivity index (χ4v) is 2.75. The van der Waals surface area contributed by atoms with Gasteiger partial charge in [-0.3, -0.25) is 9.78 Å². The summed E-state index contributed by atoms with van der Waals surface area (Å²) in [6.07, 6.45) is 3.88. The van der Waals surface area contributed by atoms with Crippen LogP contribution in [0.5, 0.6) is 0 Å². The van der Waals surface area contributed by atoms with Gasteiger partial charge in [-0.25, -0.2) is 4.98 Å². The highest BCUT2D eigenvalue weighted by molar-refractivity contribution is 7.09. The van der Waals surface area contributed by atoms with Gasteiger partial charge in [0.1, 0.15) is 0 Å². The summed E-state index contributed by atoms with van der Waals surface area (Å²) in [6, 6.07) is 7.73. The molecule has 0 bridgehead atoms. The summed E-state index contributed by atoms with van der Waals surface area (Å²) < 4.78 is 2.03. The van der Waals surface area contributed by atoms with Crippen LogP contribution in [0.4, 0.5) is 5.69 Å². The van der Waals surface area contributed by atoms with Crippen LogP contribution < -0.4 is 5.32 Å². The second-order valence-corrected chi connectivity index (χ2v) is 6.00. The molecule has 0 aliphatic carbocycles. The Hall–Kier alpha value is -2.47. The Morgan fingerprint density at radius 1 is 1.27 bits per heavy atom. The minimum absolute atomic E-state index is 0.0355. The summed E-state index contributed by atoms with van der Waals surface area (Å²) in [6.45, 7) is 4.02. The second kappa shape index (κ2) is 6.11. The summed E-state index contributed by atoms with van der Waals surface area (Å²) in [5.41, 5.74) is 5.67. The molecule has 0 radical (unpaired) electrons. The third kappa shape index (κ3) is 3.07. The highest BCUT2D eigenvalue weighted by Gasteiger charge is 2.07. The van der Waals surface area contributed by atoms with Crippen molar-refractivity contribution < 1.29 is 4.79 Å². The maximum Gasteiger partial charge on any atom is 0.229 e. The number of carbonyl (C=O) groups excluding carboxylic acids is 1. The number of hydrogen-bond donors (Lipinski definition) is 1. The van der Waals surface area contributed by atoms with Gasteiger partial charge in [-0.1, -0.05) is 0 Å². The number of aryl methyl sites for hydroxylation is 1. The van der Waals surface area contributed by atoms with E-state index in [1.165, 1.54) is 11.3 Å². The predicted molar refractivity (Wildman–Crippen MR) is 87.5 cm³/mol. The summed E-state index contributed by atoms with van der Waals surface area (Å²) in [7, 11) is 0. The van der Waals surface area contributed by atoms with Gasteiger partial charge in [0.2, 0.25) is 5.91 Å². The van der Waals surface area contributed by atoms with E-state index in [-0.39, 0.29) is 5.91 Å². The number of thiazole rings is 1. The Balaban J connectivity index is 1.69. The van der Waals surface area contributed by atoms with Gasteiger partial charge in [0.25, 0.3) is 0 Å². The van der Waals surface area contributed by atoms with Crippen LogP contribution in [0.2, 0.25) is 0 Å². The average molecular weight is 312 g/mol. The first-order valence-corrected chi connectivity index (χ1v) is 7.79. The number of hydrogen-bond acceptors (Lipinski definition) is 4. The monoisotopic (exact) mass is 312 g/mol. The molecule has 6 heteroatoms. The molecule has 5 nitrogen and oxygen atoms in total. The van der Waals surface area contributed by atoms with Gasteiger partial charge >= 0.3 is 0 Å². The van der Waals surface area contributed by atoms with E-state index < -0.39 is 0 Å². The fraction of sp³-hybridized carbons (Fsp3) is 0.188. The van der Waals surface area contributed by atoms with Gasteiger partial charge in [0, 0.05) is 28.1 Å². The zero-order valence-electron chi connectivity index (χ0n) is 12.4. The van der Waals surface area contributed by atoms with E-state index in [9.17, 15) is 4.79 Å². The summed E-state index contributed by atoms with van der Waals surface area (Å²) in [5, 5.41) is 2.89. The summed E-state index contributed by atoms with van der Waals surface area (Å²) in [4.78, 5) is 21.2. The smallest absolute Gasteiger partial charge is 0.229 e. The molecule has 0 atom stereocenters. The first-order chi connectivity index (χ1) is 10.6. The molecule has 0 unspecified atom stereocenters. The maximum atomic E-state index is 11.9. The van der Waals surface area contributed by atoms with Crippen LogP contribution >= 0.6 is 11.3 Å². The Kier molecular flexibility index (Phi) is 4.02. The SMILES string of the molecule is Cc1ncn(-c2ccc(NC(=O)Cc3cncs3)cc2)c1C. The zero-order valence-corrected chi connectivity index (χ0v) is 13.2. The molecule has 0 fully saturated rings. The zero-order chi connectivity index (χ0) is 15.5. The Morgan fingerprint density at radius 2 is 2.05 bits per heavy atom. The number of nitrogens with one attached hydrogen (secondary N) is 1. The van der Waals surface area contributed by atoms with Crippen LogP contribution in [0.3, 0.4) is 0 Å². The van der Waals surface area contributed by atoms with Crippen LogP contribution in [-0.2, 0) is 11.2 Å². The summed E-state index contributed by atoms with van der Waals surface area (Å²) >= 11 is 1.48. The number of benzene rings is 1. The first-order valence-electron chi connectivity index (χ1n) is 6.91. The average Bonchev–Trinajstić information content (AvgIpc) is 3.12. The van der Waals surface area contributed by atoms with Crippen LogP contribution in [-0.4, -0.2) is 20.4 Å². The van der Waals surface area contributed by atoms with Crippen molar-refractivity contribution in [2.75, 3.05) is 5.32 Å². The predicted octanol–water partition coefficient (Wildman–Crippen LogP) is 3.13. The van der Waals surface area contributed by atoms with E-state index in [0.29, 0.717) is 6.42 Å². The molecule has 3 rings (SSSR count). The number of aromatic nitrogens is 3. The van der Waals surface area contributed by atoms with E-state index in [1.54, 1.807) is 11.7 Å². The molecule has 0 saturated carbocycles. The lowest BCUT2D eigenvalue weighted by Crippen LogP contribution is -2.13. The molecule has 0 spiro atoms.